The van der Waals surface area contributed by atoms with E-state index in [4.69, 9.17) is 9.72 Å². The maximum Gasteiger partial charge on any atom is 0.128 e. The molecule has 0 spiro atoms. The maximum absolute atomic E-state index is 5.23. The van der Waals surface area contributed by atoms with Crippen molar-refractivity contribution >= 4 is 11.3 Å². The van der Waals surface area contributed by atoms with Gasteiger partial charge in [-0.25, -0.2) is 15.0 Å². The van der Waals surface area contributed by atoms with Crippen LogP contribution < -0.4 is 4.74 Å². The van der Waals surface area contributed by atoms with E-state index in [1.165, 1.54) is 16.1 Å². The van der Waals surface area contributed by atoms with Crippen LogP contribution in [0, 0.1) is 0 Å². The Hall–Kier alpha value is -2.31. The van der Waals surface area contributed by atoms with Gasteiger partial charge in [-0.05, 0) is 30.7 Å². The second kappa shape index (κ2) is 8.15. The van der Waals surface area contributed by atoms with E-state index in [0.717, 1.165) is 61.0 Å². The normalized spacial score (nSPS) is 14.1. The summed E-state index contributed by atoms with van der Waals surface area (Å²) in [6.07, 6.45) is 7.08. The summed E-state index contributed by atoms with van der Waals surface area (Å²) in [5.41, 5.74) is 3.63. The van der Waals surface area contributed by atoms with Crippen molar-refractivity contribution < 1.29 is 4.74 Å². The topological polar surface area (TPSA) is 51.1 Å². The number of fused-ring (bicyclic) bond motifs is 1. The summed E-state index contributed by atoms with van der Waals surface area (Å²) in [6.45, 7) is 5.03. The summed E-state index contributed by atoms with van der Waals surface area (Å²) < 4.78 is 5.23. The molecule has 3 aromatic rings. The third kappa shape index (κ3) is 4.17. The summed E-state index contributed by atoms with van der Waals surface area (Å²) in [7, 11) is 1.68. The Balaban J connectivity index is 1.42. The second-order valence-electron chi connectivity index (χ2n) is 6.83. The van der Waals surface area contributed by atoms with Crippen molar-refractivity contribution in [1.82, 2.24) is 19.9 Å². The number of rotatable bonds is 6. The van der Waals surface area contributed by atoms with E-state index in [1.807, 2.05) is 24.5 Å². The van der Waals surface area contributed by atoms with Crippen LogP contribution >= 0.6 is 11.3 Å². The molecule has 1 aliphatic rings. The molecule has 0 radical (unpaired) electrons. The molecular weight excluding hydrogens is 356 g/mol. The smallest absolute Gasteiger partial charge is 0.128 e. The molecule has 6 heteroatoms. The standard InChI is InChI=1S/C21H24N4OS/c1-3-4-20-22-11-16-13-25(10-9-19(16)24-20)14-18-12-23-21(27-18)15-5-7-17(26-2)8-6-15/h5-8,11-12H,3-4,9-10,13-14H2,1-2H3. The Kier molecular flexibility index (Phi) is 5.45. The molecular formula is C21H24N4OS. The zero-order valence-corrected chi connectivity index (χ0v) is 16.6. The highest BCUT2D eigenvalue weighted by Gasteiger charge is 2.19. The number of aryl methyl sites for hydroxylation is 1. The Morgan fingerprint density at radius 1 is 1.15 bits per heavy atom. The van der Waals surface area contributed by atoms with Crippen LogP contribution in [0.1, 0.15) is 35.3 Å². The molecule has 1 aromatic carbocycles. The van der Waals surface area contributed by atoms with Crippen LogP contribution in [0.4, 0.5) is 0 Å². The molecule has 1 aliphatic heterocycles. The zero-order chi connectivity index (χ0) is 18.6. The van der Waals surface area contributed by atoms with Crippen molar-refractivity contribution in [3.05, 3.63) is 58.6 Å². The van der Waals surface area contributed by atoms with E-state index in [2.05, 4.69) is 33.9 Å². The summed E-state index contributed by atoms with van der Waals surface area (Å²) in [5.74, 6) is 1.85. The molecule has 0 bridgehead atoms. The number of nitrogens with zero attached hydrogens (tertiary/aromatic N) is 4. The lowest BCUT2D eigenvalue weighted by atomic mass is 10.1. The minimum absolute atomic E-state index is 0.867. The number of hydrogen-bond acceptors (Lipinski definition) is 6. The highest BCUT2D eigenvalue weighted by Crippen LogP contribution is 2.28. The van der Waals surface area contributed by atoms with E-state index in [0.29, 0.717) is 0 Å². The lowest BCUT2D eigenvalue weighted by Gasteiger charge is -2.27. The van der Waals surface area contributed by atoms with Gasteiger partial charge in [0.25, 0.3) is 0 Å². The van der Waals surface area contributed by atoms with Gasteiger partial charge in [-0.15, -0.1) is 11.3 Å². The highest BCUT2D eigenvalue weighted by atomic mass is 32.1. The van der Waals surface area contributed by atoms with Crippen molar-refractivity contribution in [2.24, 2.45) is 0 Å². The predicted octanol–water partition coefficient (Wildman–Crippen LogP) is 4.12. The number of benzene rings is 1. The molecule has 5 nitrogen and oxygen atoms in total. The Morgan fingerprint density at radius 2 is 2.00 bits per heavy atom. The molecule has 0 saturated carbocycles. The first-order valence-electron chi connectivity index (χ1n) is 9.40. The van der Waals surface area contributed by atoms with Crippen molar-refractivity contribution in [3.8, 4) is 16.3 Å². The quantitative estimate of drug-likeness (QED) is 0.644. The molecule has 27 heavy (non-hydrogen) atoms. The zero-order valence-electron chi connectivity index (χ0n) is 15.8. The van der Waals surface area contributed by atoms with Crippen LogP contribution in [-0.4, -0.2) is 33.5 Å². The average Bonchev–Trinajstić information content (AvgIpc) is 3.17. The van der Waals surface area contributed by atoms with Gasteiger partial charge in [0, 0.05) is 66.6 Å². The predicted molar refractivity (Wildman–Crippen MR) is 108 cm³/mol. The molecule has 0 atom stereocenters. The fourth-order valence-corrected chi connectivity index (χ4v) is 4.32. The Morgan fingerprint density at radius 3 is 2.78 bits per heavy atom. The third-order valence-corrected chi connectivity index (χ3v) is 5.84. The van der Waals surface area contributed by atoms with Crippen molar-refractivity contribution in [2.45, 2.75) is 39.3 Å². The van der Waals surface area contributed by atoms with Crippen LogP contribution in [0.15, 0.2) is 36.7 Å². The number of aromatic nitrogens is 3. The van der Waals surface area contributed by atoms with Gasteiger partial charge in [-0.1, -0.05) is 6.92 Å². The van der Waals surface area contributed by atoms with Gasteiger partial charge in [-0.2, -0.15) is 0 Å². The summed E-state index contributed by atoms with van der Waals surface area (Å²) in [6, 6.07) is 8.07. The summed E-state index contributed by atoms with van der Waals surface area (Å²) >= 11 is 1.76. The molecule has 0 amide bonds. The van der Waals surface area contributed by atoms with E-state index in [-0.39, 0.29) is 0 Å². The van der Waals surface area contributed by atoms with Crippen LogP contribution in [0.3, 0.4) is 0 Å². The van der Waals surface area contributed by atoms with E-state index in [1.54, 1.807) is 18.4 Å². The van der Waals surface area contributed by atoms with Gasteiger partial charge in [0.2, 0.25) is 0 Å². The van der Waals surface area contributed by atoms with Crippen molar-refractivity contribution in [3.63, 3.8) is 0 Å². The first kappa shape index (κ1) is 18.1. The van der Waals surface area contributed by atoms with Crippen molar-refractivity contribution in [2.75, 3.05) is 13.7 Å². The fraction of sp³-hybridized carbons (Fsp3) is 0.381. The molecule has 0 N–H and O–H groups in total. The number of thiazole rings is 1. The second-order valence-corrected chi connectivity index (χ2v) is 7.94. The number of ether oxygens (including phenoxy) is 1. The first-order chi connectivity index (χ1) is 13.2. The third-order valence-electron chi connectivity index (χ3n) is 4.81. The van der Waals surface area contributed by atoms with Crippen molar-refractivity contribution in [1.29, 1.82) is 0 Å². The van der Waals surface area contributed by atoms with Crippen LogP contribution in [0.5, 0.6) is 5.75 Å². The van der Waals surface area contributed by atoms with E-state index < -0.39 is 0 Å². The fourth-order valence-electron chi connectivity index (χ4n) is 3.36. The minimum atomic E-state index is 0.867. The summed E-state index contributed by atoms with van der Waals surface area (Å²) in [4.78, 5) is 17.6. The van der Waals surface area contributed by atoms with Gasteiger partial charge in [0.15, 0.2) is 0 Å². The van der Waals surface area contributed by atoms with Crippen LogP contribution in [-0.2, 0) is 25.9 Å². The first-order valence-corrected chi connectivity index (χ1v) is 10.2. The van der Waals surface area contributed by atoms with Gasteiger partial charge in [-0.3, -0.25) is 4.90 Å². The van der Waals surface area contributed by atoms with E-state index in [9.17, 15) is 0 Å². The summed E-state index contributed by atoms with van der Waals surface area (Å²) in [5, 5.41) is 1.05. The Labute approximate surface area is 164 Å². The van der Waals surface area contributed by atoms with Gasteiger partial charge in [0.1, 0.15) is 16.6 Å². The molecule has 2 aromatic heterocycles. The molecule has 3 heterocycles. The average molecular weight is 381 g/mol. The molecule has 0 fully saturated rings. The molecule has 140 valence electrons. The molecule has 0 unspecified atom stereocenters. The minimum Gasteiger partial charge on any atom is -0.497 e. The monoisotopic (exact) mass is 380 g/mol. The van der Waals surface area contributed by atoms with Gasteiger partial charge < -0.3 is 4.74 Å². The van der Waals surface area contributed by atoms with E-state index >= 15 is 0 Å². The number of hydrogen-bond donors (Lipinski definition) is 0. The van der Waals surface area contributed by atoms with Crippen LogP contribution in [0.25, 0.3) is 10.6 Å². The van der Waals surface area contributed by atoms with Gasteiger partial charge >= 0.3 is 0 Å². The largest absolute Gasteiger partial charge is 0.497 e. The maximum atomic E-state index is 5.23. The molecule has 4 rings (SSSR count). The lowest BCUT2D eigenvalue weighted by Crippen LogP contribution is -2.30. The Bertz CT molecular complexity index is 907. The van der Waals surface area contributed by atoms with Gasteiger partial charge in [0.05, 0.1) is 7.11 Å². The SMILES string of the molecule is CCCc1ncc2c(n1)CCN(Cc1cnc(-c3ccc(OC)cc3)s1)C2. The number of methoxy groups -OCH3 is 1. The highest BCUT2D eigenvalue weighted by molar-refractivity contribution is 7.15. The lowest BCUT2D eigenvalue weighted by molar-refractivity contribution is 0.244. The molecule has 0 saturated heterocycles. The molecule has 0 aliphatic carbocycles. The van der Waals surface area contributed by atoms with Crippen LogP contribution in [0.2, 0.25) is 0 Å².